The minimum atomic E-state index is -4.67. The number of halogens is 3. The summed E-state index contributed by atoms with van der Waals surface area (Å²) in [7, 11) is 1.83. The number of urea groups is 1. The number of amides is 2. The molecule has 0 radical (unpaired) electrons. The number of anilines is 1. The van der Waals surface area contributed by atoms with E-state index in [2.05, 4.69) is 5.32 Å². The summed E-state index contributed by atoms with van der Waals surface area (Å²) >= 11 is 0. The number of benzene rings is 1. The third-order valence-electron chi connectivity index (χ3n) is 4.48. The van der Waals surface area contributed by atoms with E-state index in [1.807, 2.05) is 23.9 Å². The second-order valence-electron chi connectivity index (χ2n) is 6.13. The Labute approximate surface area is 140 Å². The number of likely N-dealkylation sites (tertiary alicyclic amines) is 1. The number of aliphatic carboxylic acids is 1. The number of hydrogen-bond acceptors (Lipinski definition) is 2. The van der Waals surface area contributed by atoms with Crippen molar-refractivity contribution in [3.63, 3.8) is 0 Å². The highest BCUT2D eigenvalue weighted by Crippen LogP contribution is 2.38. The smallest absolute Gasteiger partial charge is 0.394 e. The monoisotopic (exact) mass is 355 g/mol. The molecule has 3 rings (SSSR count). The lowest BCUT2D eigenvalue weighted by Crippen LogP contribution is -2.35. The van der Waals surface area contributed by atoms with Crippen LogP contribution in [-0.4, -0.2) is 45.8 Å². The van der Waals surface area contributed by atoms with Crippen LogP contribution >= 0.6 is 0 Å². The zero-order valence-corrected chi connectivity index (χ0v) is 13.2. The van der Waals surface area contributed by atoms with Crippen LogP contribution in [-0.2, 0) is 11.8 Å². The molecule has 0 aliphatic carbocycles. The fourth-order valence-corrected chi connectivity index (χ4v) is 3.09. The second-order valence-corrected chi connectivity index (χ2v) is 6.13. The maximum Gasteiger partial charge on any atom is 0.394 e. The molecule has 1 saturated heterocycles. The number of carbonyl (C=O) groups is 2. The Morgan fingerprint density at radius 2 is 1.96 bits per heavy atom. The summed E-state index contributed by atoms with van der Waals surface area (Å²) in [4.78, 5) is 24.2. The predicted molar refractivity (Wildman–Crippen MR) is 84.2 cm³/mol. The Balaban J connectivity index is 1.76. The van der Waals surface area contributed by atoms with E-state index in [9.17, 15) is 22.8 Å². The van der Waals surface area contributed by atoms with Crippen molar-refractivity contribution in [2.75, 3.05) is 18.4 Å². The molecule has 1 aromatic heterocycles. The molecule has 2 aromatic rings. The van der Waals surface area contributed by atoms with Gasteiger partial charge in [0.15, 0.2) is 0 Å². The number of aromatic nitrogens is 1. The topological polar surface area (TPSA) is 74.6 Å². The molecule has 9 heteroatoms. The molecule has 2 atom stereocenters. The molecule has 25 heavy (non-hydrogen) atoms. The fraction of sp³-hybridized carbons (Fsp3) is 0.375. The van der Waals surface area contributed by atoms with Gasteiger partial charge in [0.1, 0.15) is 0 Å². The number of carboxylic acids is 1. The number of fused-ring (bicyclic) bond motifs is 1. The first-order valence-corrected chi connectivity index (χ1v) is 7.57. The number of rotatable bonds is 2. The number of alkyl halides is 3. The predicted octanol–water partition coefficient (Wildman–Crippen LogP) is 2.91. The normalized spacial score (nSPS) is 20.9. The lowest BCUT2D eigenvalue weighted by molar-refractivity contribution is -0.187. The Morgan fingerprint density at radius 3 is 2.56 bits per heavy atom. The van der Waals surface area contributed by atoms with Gasteiger partial charge in [-0.05, 0) is 23.6 Å². The first kappa shape index (κ1) is 17.1. The highest BCUT2D eigenvalue weighted by atomic mass is 19.4. The van der Waals surface area contributed by atoms with Gasteiger partial charge in [-0.25, -0.2) is 4.79 Å². The Bertz CT molecular complexity index is 831. The largest absolute Gasteiger partial charge is 0.481 e. The van der Waals surface area contributed by atoms with Crippen molar-refractivity contribution in [1.82, 2.24) is 9.47 Å². The Hall–Kier alpha value is -2.71. The van der Waals surface area contributed by atoms with E-state index in [1.54, 1.807) is 18.2 Å². The van der Waals surface area contributed by atoms with E-state index in [1.165, 1.54) is 0 Å². The van der Waals surface area contributed by atoms with Crippen LogP contribution < -0.4 is 5.32 Å². The third-order valence-corrected chi connectivity index (χ3v) is 4.48. The highest BCUT2D eigenvalue weighted by molar-refractivity contribution is 5.93. The number of hydrogen-bond donors (Lipinski definition) is 2. The number of aryl methyl sites for hydroxylation is 1. The van der Waals surface area contributed by atoms with Gasteiger partial charge in [0.25, 0.3) is 0 Å². The van der Waals surface area contributed by atoms with Gasteiger partial charge in [-0.1, -0.05) is 6.07 Å². The van der Waals surface area contributed by atoms with E-state index in [-0.39, 0.29) is 0 Å². The van der Waals surface area contributed by atoms with E-state index in [4.69, 9.17) is 5.11 Å². The van der Waals surface area contributed by atoms with Crippen LogP contribution in [0, 0.1) is 11.8 Å². The fourth-order valence-electron chi connectivity index (χ4n) is 3.09. The average molecular weight is 355 g/mol. The molecule has 0 unspecified atom stereocenters. The van der Waals surface area contributed by atoms with Crippen LogP contribution in [0.3, 0.4) is 0 Å². The summed E-state index contributed by atoms with van der Waals surface area (Å²) in [5, 5.41) is 12.5. The molecule has 0 spiro atoms. The van der Waals surface area contributed by atoms with E-state index < -0.39 is 43.1 Å². The van der Waals surface area contributed by atoms with Crippen LogP contribution in [0.5, 0.6) is 0 Å². The van der Waals surface area contributed by atoms with Crippen LogP contribution in [0.25, 0.3) is 10.9 Å². The lowest BCUT2D eigenvalue weighted by atomic mass is 9.96. The van der Waals surface area contributed by atoms with Gasteiger partial charge in [0.2, 0.25) is 0 Å². The lowest BCUT2D eigenvalue weighted by Gasteiger charge is -2.18. The summed E-state index contributed by atoms with van der Waals surface area (Å²) < 4.78 is 40.8. The van der Waals surface area contributed by atoms with Crippen molar-refractivity contribution in [2.24, 2.45) is 18.9 Å². The van der Waals surface area contributed by atoms with Crippen molar-refractivity contribution in [3.8, 4) is 0 Å². The second kappa shape index (κ2) is 5.98. The highest BCUT2D eigenvalue weighted by Gasteiger charge is 2.53. The van der Waals surface area contributed by atoms with Crippen LogP contribution in [0.1, 0.15) is 0 Å². The van der Waals surface area contributed by atoms with Gasteiger partial charge in [-0.2, -0.15) is 13.2 Å². The molecule has 1 aliphatic rings. The maximum absolute atomic E-state index is 13.0. The summed E-state index contributed by atoms with van der Waals surface area (Å²) in [6.07, 6.45) is -2.82. The van der Waals surface area contributed by atoms with Crippen molar-refractivity contribution >= 4 is 28.6 Å². The molecule has 6 nitrogen and oxygen atoms in total. The molecule has 2 N–H and O–H groups in total. The maximum atomic E-state index is 13.0. The van der Waals surface area contributed by atoms with Crippen LogP contribution in [0.2, 0.25) is 0 Å². The Morgan fingerprint density at radius 1 is 1.24 bits per heavy atom. The molecular formula is C16H16F3N3O3. The summed E-state index contributed by atoms with van der Waals surface area (Å²) in [5.41, 5.74) is 1.29. The first-order valence-electron chi connectivity index (χ1n) is 7.57. The zero-order valence-electron chi connectivity index (χ0n) is 13.2. The number of nitrogens with zero attached hydrogens (tertiary/aromatic N) is 2. The molecule has 134 valence electrons. The number of nitrogens with one attached hydrogen (secondary N) is 1. The molecule has 1 aromatic carbocycles. The van der Waals surface area contributed by atoms with Gasteiger partial charge >= 0.3 is 18.2 Å². The van der Waals surface area contributed by atoms with Crippen molar-refractivity contribution in [2.45, 2.75) is 6.18 Å². The Kier molecular flexibility index (Phi) is 4.09. The van der Waals surface area contributed by atoms with Crippen LogP contribution in [0.4, 0.5) is 23.7 Å². The number of carboxylic acid groups (broad SMARTS) is 1. The summed E-state index contributed by atoms with van der Waals surface area (Å²) in [6, 6.07) is 6.29. The SMILES string of the molecule is Cn1ccc2ccc(NC(=O)N3C[C@@H](C(F)(F)F)[C@H](C(=O)O)C3)cc21. The van der Waals surface area contributed by atoms with E-state index in [0.717, 1.165) is 15.8 Å². The van der Waals surface area contributed by atoms with Crippen molar-refractivity contribution in [1.29, 1.82) is 0 Å². The minimum absolute atomic E-state index is 0.432. The molecular weight excluding hydrogens is 339 g/mol. The summed E-state index contributed by atoms with van der Waals surface area (Å²) in [5.74, 6) is -5.27. The van der Waals surface area contributed by atoms with Gasteiger partial charge in [0, 0.05) is 37.5 Å². The third kappa shape index (κ3) is 3.26. The molecule has 1 aliphatic heterocycles. The summed E-state index contributed by atoms with van der Waals surface area (Å²) in [6.45, 7) is -1.14. The van der Waals surface area contributed by atoms with Crippen molar-refractivity contribution in [3.05, 3.63) is 30.5 Å². The van der Waals surface area contributed by atoms with E-state index in [0.29, 0.717) is 5.69 Å². The minimum Gasteiger partial charge on any atom is -0.481 e. The first-order chi connectivity index (χ1) is 11.7. The molecule has 2 heterocycles. The van der Waals surface area contributed by atoms with E-state index >= 15 is 0 Å². The van der Waals surface area contributed by atoms with Gasteiger partial charge in [-0.3, -0.25) is 4.79 Å². The molecule has 2 amide bonds. The van der Waals surface area contributed by atoms with Gasteiger partial charge in [-0.15, -0.1) is 0 Å². The molecule has 1 fully saturated rings. The molecule has 0 saturated carbocycles. The zero-order chi connectivity index (χ0) is 18.4. The van der Waals surface area contributed by atoms with Gasteiger partial charge < -0.3 is 19.9 Å². The van der Waals surface area contributed by atoms with Crippen LogP contribution in [0.15, 0.2) is 30.5 Å². The van der Waals surface area contributed by atoms with Crippen molar-refractivity contribution < 1.29 is 27.9 Å². The quantitative estimate of drug-likeness (QED) is 0.870. The van der Waals surface area contributed by atoms with Gasteiger partial charge in [0.05, 0.1) is 11.8 Å². The average Bonchev–Trinajstić information content (AvgIpc) is 3.12. The number of carbonyl (C=O) groups excluding carboxylic acids is 1. The standard InChI is InChI=1S/C16H16F3N3O3/c1-21-5-4-9-2-3-10(6-13(9)21)20-15(25)22-7-11(14(23)24)12(8-22)16(17,18)19/h2-6,11-12H,7-8H2,1H3,(H,20,25)(H,23,24)/t11-,12-/m1/s1. The molecule has 0 bridgehead atoms.